The van der Waals surface area contributed by atoms with E-state index in [9.17, 15) is 9.90 Å². The lowest BCUT2D eigenvalue weighted by atomic mass is 9.71. The highest BCUT2D eigenvalue weighted by Crippen LogP contribution is 2.42. The molecule has 3 atom stereocenters. The van der Waals surface area contributed by atoms with E-state index < -0.39 is 0 Å². The summed E-state index contributed by atoms with van der Waals surface area (Å²) < 4.78 is 5.98. The normalized spacial score (nSPS) is 40.0. The molecule has 1 aliphatic heterocycles. The van der Waals surface area contributed by atoms with E-state index in [4.69, 9.17) is 4.74 Å². The van der Waals surface area contributed by atoms with Crippen molar-refractivity contribution in [1.82, 2.24) is 0 Å². The third-order valence-corrected chi connectivity index (χ3v) is 7.78. The molecule has 3 fully saturated rings. The SMILES string of the molecule is CCCCC1CCC(C2CCC(C3CCC(C(C)O)CC3)OC2=O)CC1. The minimum absolute atomic E-state index is 0.107. The van der Waals surface area contributed by atoms with Crippen LogP contribution in [0, 0.1) is 29.6 Å². The highest BCUT2D eigenvalue weighted by Gasteiger charge is 2.40. The van der Waals surface area contributed by atoms with Gasteiger partial charge < -0.3 is 9.84 Å². The van der Waals surface area contributed by atoms with Crippen molar-refractivity contribution in [3.8, 4) is 0 Å². The molecule has 2 saturated carbocycles. The van der Waals surface area contributed by atoms with Crippen molar-refractivity contribution in [2.45, 2.75) is 110 Å². The average molecular weight is 365 g/mol. The Morgan fingerprint density at radius 3 is 2.19 bits per heavy atom. The summed E-state index contributed by atoms with van der Waals surface area (Å²) in [4.78, 5) is 12.7. The number of hydrogen-bond acceptors (Lipinski definition) is 3. The third-order valence-electron chi connectivity index (χ3n) is 7.78. The molecular formula is C23H40O3. The highest BCUT2D eigenvalue weighted by atomic mass is 16.5. The van der Waals surface area contributed by atoms with Crippen LogP contribution < -0.4 is 0 Å². The molecule has 1 heterocycles. The Labute approximate surface area is 160 Å². The molecule has 0 spiro atoms. The number of carbonyl (C=O) groups is 1. The van der Waals surface area contributed by atoms with Crippen LogP contribution in [0.25, 0.3) is 0 Å². The Hall–Kier alpha value is -0.570. The van der Waals surface area contributed by atoms with Crippen LogP contribution in [0.4, 0.5) is 0 Å². The number of ether oxygens (including phenoxy) is 1. The zero-order valence-corrected chi connectivity index (χ0v) is 17.0. The Morgan fingerprint density at radius 1 is 0.962 bits per heavy atom. The number of rotatable bonds is 6. The number of unbranched alkanes of at least 4 members (excludes halogenated alkanes) is 1. The van der Waals surface area contributed by atoms with Crippen LogP contribution in [0.5, 0.6) is 0 Å². The van der Waals surface area contributed by atoms with Crippen molar-refractivity contribution in [2.75, 3.05) is 0 Å². The summed E-state index contributed by atoms with van der Waals surface area (Å²) in [6.45, 7) is 4.18. The van der Waals surface area contributed by atoms with E-state index in [-0.39, 0.29) is 24.1 Å². The molecule has 1 saturated heterocycles. The number of carbonyl (C=O) groups excluding carboxylic acids is 1. The van der Waals surface area contributed by atoms with Gasteiger partial charge in [0.25, 0.3) is 0 Å². The first-order valence-corrected chi connectivity index (χ1v) is 11.5. The fourth-order valence-corrected chi connectivity index (χ4v) is 5.89. The number of esters is 1. The van der Waals surface area contributed by atoms with Crippen molar-refractivity contribution in [1.29, 1.82) is 0 Å². The van der Waals surface area contributed by atoms with Crippen molar-refractivity contribution in [2.24, 2.45) is 29.6 Å². The van der Waals surface area contributed by atoms with E-state index >= 15 is 0 Å². The second-order valence-electron chi connectivity index (χ2n) is 9.50. The summed E-state index contributed by atoms with van der Waals surface area (Å²) in [5, 5.41) is 9.78. The average Bonchev–Trinajstić information content (AvgIpc) is 2.67. The molecule has 0 aromatic heterocycles. The van der Waals surface area contributed by atoms with Crippen molar-refractivity contribution >= 4 is 5.97 Å². The fourth-order valence-electron chi connectivity index (χ4n) is 5.89. The quantitative estimate of drug-likeness (QED) is 0.634. The molecule has 0 radical (unpaired) electrons. The molecule has 1 N–H and O–H groups in total. The lowest BCUT2D eigenvalue weighted by molar-refractivity contribution is -0.168. The molecule has 0 aromatic carbocycles. The van der Waals surface area contributed by atoms with Crippen LogP contribution in [0.2, 0.25) is 0 Å². The Morgan fingerprint density at radius 2 is 1.62 bits per heavy atom. The van der Waals surface area contributed by atoms with Crippen LogP contribution >= 0.6 is 0 Å². The first-order valence-electron chi connectivity index (χ1n) is 11.5. The van der Waals surface area contributed by atoms with Gasteiger partial charge in [-0.15, -0.1) is 0 Å². The van der Waals surface area contributed by atoms with E-state index in [0.29, 0.717) is 17.8 Å². The largest absolute Gasteiger partial charge is 0.462 e. The van der Waals surface area contributed by atoms with Gasteiger partial charge in [0, 0.05) is 0 Å². The lowest BCUT2D eigenvalue weighted by Gasteiger charge is -2.40. The number of aliphatic hydroxyl groups excluding tert-OH is 1. The molecule has 0 amide bonds. The Kier molecular flexibility index (Phi) is 7.43. The van der Waals surface area contributed by atoms with E-state index in [2.05, 4.69) is 6.92 Å². The van der Waals surface area contributed by atoms with Crippen LogP contribution in [-0.4, -0.2) is 23.3 Å². The Bertz CT molecular complexity index is 431. The van der Waals surface area contributed by atoms with E-state index in [1.807, 2.05) is 6.92 Å². The molecule has 3 heteroatoms. The van der Waals surface area contributed by atoms with Crippen LogP contribution in [0.15, 0.2) is 0 Å². The van der Waals surface area contributed by atoms with Gasteiger partial charge in [-0.3, -0.25) is 4.79 Å². The summed E-state index contributed by atoms with van der Waals surface area (Å²) in [5.74, 6) is 2.74. The minimum atomic E-state index is -0.193. The van der Waals surface area contributed by atoms with Gasteiger partial charge in [0.2, 0.25) is 0 Å². The second-order valence-corrected chi connectivity index (χ2v) is 9.50. The van der Waals surface area contributed by atoms with Gasteiger partial charge in [-0.2, -0.15) is 0 Å². The standard InChI is InChI=1S/C23H40O3/c1-3-4-5-17-6-8-19(9-7-17)21-14-15-22(26-23(21)25)20-12-10-18(11-13-20)16(2)24/h16-22,24H,3-15H2,1-2H3. The van der Waals surface area contributed by atoms with E-state index in [0.717, 1.165) is 44.4 Å². The predicted octanol–water partition coefficient (Wildman–Crippen LogP) is 5.49. The molecule has 0 aromatic rings. The summed E-state index contributed by atoms with van der Waals surface area (Å²) in [6.07, 6.45) is 15.6. The summed E-state index contributed by atoms with van der Waals surface area (Å²) in [7, 11) is 0. The zero-order chi connectivity index (χ0) is 18.5. The minimum Gasteiger partial charge on any atom is -0.462 e. The molecule has 2 aliphatic carbocycles. The van der Waals surface area contributed by atoms with Crippen molar-refractivity contribution < 1.29 is 14.6 Å². The van der Waals surface area contributed by atoms with Gasteiger partial charge in [0.05, 0.1) is 12.0 Å². The van der Waals surface area contributed by atoms with E-state index in [1.165, 1.54) is 44.9 Å². The maximum atomic E-state index is 12.7. The number of aliphatic hydroxyl groups is 1. The smallest absolute Gasteiger partial charge is 0.309 e. The molecule has 3 unspecified atom stereocenters. The van der Waals surface area contributed by atoms with Gasteiger partial charge in [0.15, 0.2) is 0 Å². The van der Waals surface area contributed by atoms with Gasteiger partial charge in [-0.1, -0.05) is 39.0 Å². The second kappa shape index (κ2) is 9.57. The maximum Gasteiger partial charge on any atom is 0.309 e. The third kappa shape index (κ3) is 5.03. The van der Waals surface area contributed by atoms with E-state index in [1.54, 1.807) is 0 Å². The molecule has 3 nitrogen and oxygen atoms in total. The molecule has 26 heavy (non-hydrogen) atoms. The van der Waals surface area contributed by atoms with Crippen LogP contribution in [-0.2, 0) is 9.53 Å². The van der Waals surface area contributed by atoms with Gasteiger partial charge in [0.1, 0.15) is 6.10 Å². The molecule has 3 rings (SSSR count). The topological polar surface area (TPSA) is 46.5 Å². The first kappa shape index (κ1) is 20.2. The van der Waals surface area contributed by atoms with Gasteiger partial charge in [-0.05, 0) is 82.0 Å². The van der Waals surface area contributed by atoms with Gasteiger partial charge in [-0.25, -0.2) is 0 Å². The van der Waals surface area contributed by atoms with Crippen molar-refractivity contribution in [3.63, 3.8) is 0 Å². The summed E-state index contributed by atoms with van der Waals surface area (Å²) in [5.41, 5.74) is 0. The van der Waals surface area contributed by atoms with Crippen molar-refractivity contribution in [3.05, 3.63) is 0 Å². The van der Waals surface area contributed by atoms with Gasteiger partial charge >= 0.3 is 5.97 Å². The number of hydrogen-bond donors (Lipinski definition) is 1. The highest BCUT2D eigenvalue weighted by molar-refractivity contribution is 5.73. The number of cyclic esters (lactones) is 1. The zero-order valence-electron chi connectivity index (χ0n) is 17.0. The predicted molar refractivity (Wildman–Crippen MR) is 105 cm³/mol. The maximum absolute atomic E-state index is 12.7. The summed E-state index contributed by atoms with van der Waals surface area (Å²) in [6, 6.07) is 0. The fraction of sp³-hybridized carbons (Fsp3) is 0.957. The first-order chi connectivity index (χ1) is 12.6. The monoisotopic (exact) mass is 364 g/mol. The molecule has 150 valence electrons. The lowest BCUT2D eigenvalue weighted by Crippen LogP contribution is -2.41. The molecule has 0 bridgehead atoms. The van der Waals surface area contributed by atoms with Crippen LogP contribution in [0.3, 0.4) is 0 Å². The molecule has 3 aliphatic rings. The van der Waals surface area contributed by atoms with Crippen LogP contribution in [0.1, 0.15) is 97.3 Å². The molecular weight excluding hydrogens is 324 g/mol. The summed E-state index contributed by atoms with van der Waals surface area (Å²) >= 11 is 0. The Balaban J connectivity index is 1.42.